The second kappa shape index (κ2) is 10.4. The summed E-state index contributed by atoms with van der Waals surface area (Å²) in [6, 6.07) is 8.82. The van der Waals surface area contributed by atoms with E-state index in [1.807, 2.05) is 0 Å². The van der Waals surface area contributed by atoms with Crippen molar-refractivity contribution in [1.82, 2.24) is 24.8 Å². The molecule has 2 amide bonds. The molecule has 2 aliphatic rings. The number of thiazole rings is 1. The third-order valence-corrected chi connectivity index (χ3v) is 11.5. The summed E-state index contributed by atoms with van der Waals surface area (Å²) in [5.41, 5.74) is 0.535. The molecular formula is C24H26ClN5O6S3. The number of carbonyl (C=O) groups excluding carboxylic acids is 2. The number of sulfone groups is 1. The van der Waals surface area contributed by atoms with E-state index in [0.29, 0.717) is 16.1 Å². The summed E-state index contributed by atoms with van der Waals surface area (Å²) in [7, 11) is -5.89. The highest BCUT2D eigenvalue weighted by Gasteiger charge is 2.41. The Hall–Kier alpha value is -2.62. The van der Waals surface area contributed by atoms with Gasteiger partial charge in [-0.15, -0.1) is 11.3 Å². The molecule has 2 atom stereocenters. The molecule has 5 rings (SSSR count). The second-order valence-corrected chi connectivity index (χ2v) is 15.1. The summed E-state index contributed by atoms with van der Waals surface area (Å²) in [6.07, 6.45) is 1.28. The molecule has 0 radical (unpaired) electrons. The monoisotopic (exact) mass is 611 g/mol. The highest BCUT2D eigenvalue weighted by atomic mass is 35.5. The number of nitrogens with one attached hydrogen (secondary N) is 2. The Bertz CT molecular complexity index is 1690. The number of benzene rings is 2. The Balaban J connectivity index is 1.39. The van der Waals surface area contributed by atoms with E-state index < -0.39 is 43.1 Å². The zero-order valence-electron chi connectivity index (χ0n) is 21.0. The molecular weight excluding hydrogens is 586 g/mol. The van der Waals surface area contributed by atoms with Gasteiger partial charge in [0.25, 0.3) is 5.91 Å². The predicted octanol–water partition coefficient (Wildman–Crippen LogP) is 1.23. The maximum Gasteiger partial charge on any atom is 0.283 e. The topological polar surface area (TPSA) is 146 Å². The summed E-state index contributed by atoms with van der Waals surface area (Å²) in [5.74, 6) is -1.00. The molecule has 0 bridgehead atoms. The smallest absolute Gasteiger partial charge is 0.283 e. The van der Waals surface area contributed by atoms with Gasteiger partial charge in [-0.05, 0) is 35.0 Å². The lowest BCUT2D eigenvalue weighted by Gasteiger charge is -2.39. The lowest BCUT2D eigenvalue weighted by molar-refractivity contribution is -0.126. The van der Waals surface area contributed by atoms with Crippen molar-refractivity contribution in [3.05, 3.63) is 57.0 Å². The van der Waals surface area contributed by atoms with Crippen molar-refractivity contribution in [3.8, 4) is 0 Å². The van der Waals surface area contributed by atoms with Crippen LogP contribution in [0.3, 0.4) is 0 Å². The van der Waals surface area contributed by atoms with Gasteiger partial charge in [-0.3, -0.25) is 14.9 Å². The van der Waals surface area contributed by atoms with Crippen LogP contribution in [0.2, 0.25) is 5.02 Å². The van der Waals surface area contributed by atoms with Gasteiger partial charge in [0.1, 0.15) is 11.4 Å². The number of amides is 2. The molecule has 2 aromatic carbocycles. The number of nitrogens with zero attached hydrogens (tertiary/aromatic N) is 3. The lowest BCUT2D eigenvalue weighted by atomic mass is 10.1. The first kappa shape index (κ1) is 27.9. The van der Waals surface area contributed by atoms with Gasteiger partial charge in [0.2, 0.25) is 15.9 Å². The average Bonchev–Trinajstić information content (AvgIpc) is 3.34. The average molecular weight is 612 g/mol. The molecule has 1 fully saturated rings. The van der Waals surface area contributed by atoms with Crippen LogP contribution in [0.15, 0.2) is 41.3 Å². The number of carbonyl (C=O) groups is 2. The molecule has 11 nitrogen and oxygen atoms in total. The first-order valence-electron chi connectivity index (χ1n) is 12.0. The fourth-order valence-electron chi connectivity index (χ4n) is 4.77. The number of sulfonamides is 1. The maximum atomic E-state index is 13.5. The summed E-state index contributed by atoms with van der Waals surface area (Å²) < 4.78 is 52.2. The molecule has 3 heterocycles. The number of halogens is 1. The molecule has 3 aromatic rings. The Morgan fingerprint density at radius 1 is 1.10 bits per heavy atom. The van der Waals surface area contributed by atoms with Crippen molar-refractivity contribution in [2.75, 3.05) is 32.9 Å². The predicted molar refractivity (Wildman–Crippen MR) is 148 cm³/mol. The zero-order valence-corrected chi connectivity index (χ0v) is 24.3. The van der Waals surface area contributed by atoms with Crippen LogP contribution in [0.5, 0.6) is 0 Å². The van der Waals surface area contributed by atoms with Crippen LogP contribution in [0.25, 0.3) is 10.8 Å². The molecule has 1 aromatic heterocycles. The van der Waals surface area contributed by atoms with Crippen molar-refractivity contribution >= 4 is 65.4 Å². The van der Waals surface area contributed by atoms with E-state index in [4.69, 9.17) is 11.6 Å². The summed E-state index contributed by atoms with van der Waals surface area (Å²) in [5, 5.41) is 6.87. The van der Waals surface area contributed by atoms with E-state index in [-0.39, 0.29) is 42.5 Å². The minimum atomic E-state index is -3.97. The van der Waals surface area contributed by atoms with Crippen molar-refractivity contribution in [2.45, 2.75) is 29.3 Å². The van der Waals surface area contributed by atoms with Gasteiger partial charge in [0.15, 0.2) is 14.8 Å². The first-order valence-corrected chi connectivity index (χ1v) is 16.6. The van der Waals surface area contributed by atoms with Crippen molar-refractivity contribution < 1.29 is 26.4 Å². The third kappa shape index (κ3) is 5.41. The summed E-state index contributed by atoms with van der Waals surface area (Å²) in [4.78, 5) is 32.9. The van der Waals surface area contributed by atoms with E-state index in [2.05, 4.69) is 15.6 Å². The molecule has 15 heteroatoms. The number of fused-ring (bicyclic) bond motifs is 2. The Labute approximate surface area is 235 Å². The van der Waals surface area contributed by atoms with Crippen LogP contribution in [-0.2, 0) is 37.6 Å². The van der Waals surface area contributed by atoms with Crippen LogP contribution in [0, 0.1) is 0 Å². The minimum absolute atomic E-state index is 0.0109. The number of aromatic nitrogens is 1. The normalized spacial score (nSPS) is 20.5. The number of rotatable bonds is 5. The van der Waals surface area contributed by atoms with E-state index >= 15 is 0 Å². The van der Waals surface area contributed by atoms with Crippen molar-refractivity contribution in [3.63, 3.8) is 0 Å². The first-order chi connectivity index (χ1) is 18.4. The van der Waals surface area contributed by atoms with E-state index in [1.165, 1.54) is 22.3 Å². The van der Waals surface area contributed by atoms with Gasteiger partial charge in [-0.2, -0.15) is 4.31 Å². The quantitative estimate of drug-likeness (QED) is 0.438. The van der Waals surface area contributed by atoms with Gasteiger partial charge in [-0.1, -0.05) is 23.7 Å². The van der Waals surface area contributed by atoms with E-state index in [9.17, 15) is 26.4 Å². The number of likely N-dealkylation sites (N-methyl/N-ethyl adjacent to an activating group) is 1. The Morgan fingerprint density at radius 3 is 2.54 bits per heavy atom. The fourth-order valence-corrected chi connectivity index (χ4v) is 8.26. The van der Waals surface area contributed by atoms with Gasteiger partial charge in [0.05, 0.1) is 10.6 Å². The highest BCUT2D eigenvalue weighted by Crippen LogP contribution is 2.29. The zero-order chi connectivity index (χ0) is 28.1. The van der Waals surface area contributed by atoms with Crippen molar-refractivity contribution in [1.29, 1.82) is 0 Å². The molecule has 0 aliphatic carbocycles. The molecule has 1 saturated heterocycles. The molecule has 39 heavy (non-hydrogen) atoms. The molecule has 0 saturated carbocycles. The number of hydrogen-bond donors (Lipinski definition) is 2. The molecule has 208 valence electrons. The van der Waals surface area contributed by atoms with Crippen molar-refractivity contribution in [2.24, 2.45) is 0 Å². The van der Waals surface area contributed by atoms with Gasteiger partial charge in [0, 0.05) is 55.8 Å². The standard InChI is InChI=1S/C24H26ClN5O6S3/c1-26-22(31)19-13-29(39(35,36)17-6-4-14-9-16(25)5-3-15(14)10-17)7-8-30(19)24(32)23-28-18-11-21(38(2,33)34)27-12-20(18)37-23/h3-6,9-10,19,21,27H,7-8,11-13H2,1-2H3,(H,26,31). The van der Waals surface area contributed by atoms with Gasteiger partial charge >= 0.3 is 0 Å². The number of hydrogen-bond acceptors (Lipinski definition) is 9. The fraction of sp³-hybridized carbons (Fsp3) is 0.375. The molecule has 2 aliphatic heterocycles. The maximum absolute atomic E-state index is 13.5. The highest BCUT2D eigenvalue weighted by molar-refractivity contribution is 7.91. The van der Waals surface area contributed by atoms with E-state index in [1.54, 1.807) is 30.3 Å². The largest absolute Gasteiger partial charge is 0.357 e. The Morgan fingerprint density at radius 2 is 1.82 bits per heavy atom. The summed E-state index contributed by atoms with van der Waals surface area (Å²) in [6.45, 7) is 0.00684. The second-order valence-electron chi connectivity index (χ2n) is 9.44. The molecule has 0 spiro atoms. The van der Waals surface area contributed by atoms with Crippen LogP contribution in [0.4, 0.5) is 0 Å². The summed E-state index contributed by atoms with van der Waals surface area (Å²) >= 11 is 7.18. The number of piperazine rings is 1. The molecule has 2 unspecified atom stereocenters. The Kier molecular flexibility index (Phi) is 7.45. The lowest BCUT2D eigenvalue weighted by Crippen LogP contribution is -2.61. The van der Waals surface area contributed by atoms with Gasteiger partial charge in [-0.25, -0.2) is 21.8 Å². The van der Waals surface area contributed by atoms with Gasteiger partial charge < -0.3 is 10.2 Å². The van der Waals surface area contributed by atoms with Crippen LogP contribution < -0.4 is 10.6 Å². The third-order valence-electron chi connectivity index (χ3n) is 6.91. The van der Waals surface area contributed by atoms with E-state index in [0.717, 1.165) is 27.9 Å². The SMILES string of the molecule is CNC(=O)C1CN(S(=O)(=O)c2ccc3cc(Cl)ccc3c2)CCN1C(=O)c1nc2c(s1)CNC(S(C)(=O)=O)C2. The minimum Gasteiger partial charge on any atom is -0.357 e. The van der Waals surface area contributed by atoms with Crippen LogP contribution in [-0.4, -0.2) is 87.2 Å². The van der Waals surface area contributed by atoms with Crippen LogP contribution in [0.1, 0.15) is 20.4 Å². The molecule has 2 N–H and O–H groups in total. The van der Waals surface area contributed by atoms with Crippen LogP contribution >= 0.6 is 22.9 Å².